The van der Waals surface area contributed by atoms with Crippen molar-refractivity contribution in [1.29, 1.82) is 0 Å². The van der Waals surface area contributed by atoms with Gasteiger partial charge in [0.2, 0.25) is 5.91 Å². The average molecular weight is 253 g/mol. The molecule has 0 radical (unpaired) electrons. The maximum absolute atomic E-state index is 12.1. The van der Waals surface area contributed by atoms with Gasteiger partial charge in [-0.1, -0.05) is 45.6 Å². The first kappa shape index (κ1) is 17.2. The highest BCUT2D eigenvalue weighted by atomic mass is 16.2. The van der Waals surface area contributed by atoms with Gasteiger partial charge in [0, 0.05) is 17.7 Å². The molecule has 18 heavy (non-hydrogen) atoms. The Morgan fingerprint density at radius 1 is 1.11 bits per heavy atom. The van der Waals surface area contributed by atoms with Crippen molar-refractivity contribution in [1.82, 2.24) is 4.90 Å². The summed E-state index contributed by atoms with van der Waals surface area (Å²) >= 11 is 0. The van der Waals surface area contributed by atoms with E-state index in [0.29, 0.717) is 5.57 Å². The molecule has 0 fully saturated rings. The molecule has 0 saturated heterocycles. The summed E-state index contributed by atoms with van der Waals surface area (Å²) in [6, 6.07) is 0. The molecular formula is C16H31NO. The Balaban J connectivity index is 4.30. The fourth-order valence-electron chi connectivity index (χ4n) is 2.37. The van der Waals surface area contributed by atoms with Crippen LogP contribution in [0.3, 0.4) is 0 Å². The molecule has 0 N–H and O–H groups in total. The summed E-state index contributed by atoms with van der Waals surface area (Å²) in [5.41, 5.74) is 0.577. The lowest BCUT2D eigenvalue weighted by molar-refractivity contribution is -0.132. The topological polar surface area (TPSA) is 20.3 Å². The predicted octanol–water partition coefficient (Wildman–Crippen LogP) is 4.55. The number of likely N-dealkylation sites (N-methyl/N-ethyl adjacent to an activating group) is 1. The van der Waals surface area contributed by atoms with Gasteiger partial charge in [0.25, 0.3) is 0 Å². The van der Waals surface area contributed by atoms with Crippen molar-refractivity contribution in [2.24, 2.45) is 0 Å². The van der Waals surface area contributed by atoms with Gasteiger partial charge < -0.3 is 4.90 Å². The molecule has 0 rings (SSSR count). The molecule has 1 amide bonds. The van der Waals surface area contributed by atoms with Crippen LogP contribution in [-0.2, 0) is 4.79 Å². The Morgan fingerprint density at radius 3 is 2.11 bits per heavy atom. The molecule has 0 aromatic carbocycles. The zero-order chi connectivity index (χ0) is 14.2. The molecule has 0 bridgehead atoms. The Kier molecular flexibility index (Phi) is 7.97. The van der Waals surface area contributed by atoms with E-state index < -0.39 is 0 Å². The summed E-state index contributed by atoms with van der Waals surface area (Å²) in [5, 5.41) is 0. The van der Waals surface area contributed by atoms with E-state index in [1.165, 1.54) is 32.1 Å². The van der Waals surface area contributed by atoms with E-state index >= 15 is 0 Å². The third kappa shape index (κ3) is 5.70. The molecular weight excluding hydrogens is 222 g/mol. The van der Waals surface area contributed by atoms with Crippen LogP contribution >= 0.6 is 0 Å². The number of amides is 1. The smallest absolute Gasteiger partial charge is 0.249 e. The molecule has 0 aliphatic carbocycles. The maximum atomic E-state index is 12.1. The minimum absolute atomic E-state index is 0.0585. The molecule has 0 heterocycles. The molecule has 2 heteroatoms. The van der Waals surface area contributed by atoms with Crippen LogP contribution in [0.1, 0.15) is 73.1 Å². The molecule has 0 aliphatic rings. The number of nitrogens with zero attached hydrogens (tertiary/aromatic N) is 1. The minimum Gasteiger partial charge on any atom is -0.334 e. The largest absolute Gasteiger partial charge is 0.334 e. The molecule has 0 atom stereocenters. The lowest BCUT2D eigenvalue weighted by Crippen LogP contribution is -2.47. The zero-order valence-electron chi connectivity index (χ0n) is 13.0. The van der Waals surface area contributed by atoms with Crippen LogP contribution in [0.25, 0.3) is 0 Å². The SMILES string of the molecule is C=C(C)C(=O)N(CC)C(C)(C)CCCCCCC. The quantitative estimate of drug-likeness (QED) is 0.436. The summed E-state index contributed by atoms with van der Waals surface area (Å²) in [7, 11) is 0. The van der Waals surface area contributed by atoms with E-state index in [0.717, 1.165) is 13.0 Å². The number of unbranched alkanes of at least 4 members (excludes halogenated alkanes) is 4. The Bertz CT molecular complexity index is 268. The van der Waals surface area contributed by atoms with Crippen LogP contribution in [0.4, 0.5) is 0 Å². The first-order valence-electron chi connectivity index (χ1n) is 7.34. The third-order valence-electron chi connectivity index (χ3n) is 3.55. The van der Waals surface area contributed by atoms with Crippen molar-refractivity contribution in [3.8, 4) is 0 Å². The van der Waals surface area contributed by atoms with E-state index in [1.807, 2.05) is 11.8 Å². The fourth-order valence-corrected chi connectivity index (χ4v) is 2.37. The van der Waals surface area contributed by atoms with Crippen molar-refractivity contribution >= 4 is 5.91 Å². The first-order chi connectivity index (χ1) is 8.36. The van der Waals surface area contributed by atoms with Gasteiger partial charge in [0.1, 0.15) is 0 Å². The van der Waals surface area contributed by atoms with Gasteiger partial charge in [-0.2, -0.15) is 0 Å². The second-order valence-corrected chi connectivity index (χ2v) is 5.81. The van der Waals surface area contributed by atoms with Gasteiger partial charge in [0.15, 0.2) is 0 Å². The van der Waals surface area contributed by atoms with E-state index in [-0.39, 0.29) is 11.4 Å². The number of carbonyl (C=O) groups excluding carboxylic acids is 1. The van der Waals surface area contributed by atoms with E-state index in [1.54, 1.807) is 6.92 Å². The summed E-state index contributed by atoms with van der Waals surface area (Å²) in [5.74, 6) is 0.0936. The number of rotatable bonds is 9. The standard InChI is InChI=1S/C16H31NO/c1-7-9-10-11-12-13-16(5,6)17(8-2)15(18)14(3)4/h3,7-13H2,1-2,4-6H3. The van der Waals surface area contributed by atoms with Gasteiger partial charge >= 0.3 is 0 Å². The molecule has 2 nitrogen and oxygen atoms in total. The summed E-state index contributed by atoms with van der Waals surface area (Å²) in [4.78, 5) is 14.0. The second kappa shape index (κ2) is 8.34. The normalized spacial score (nSPS) is 11.4. The number of carbonyl (C=O) groups is 1. The van der Waals surface area contributed by atoms with Crippen molar-refractivity contribution in [3.05, 3.63) is 12.2 Å². The highest BCUT2D eigenvalue weighted by molar-refractivity contribution is 5.92. The predicted molar refractivity (Wildman–Crippen MR) is 79.7 cm³/mol. The van der Waals surface area contributed by atoms with E-state index in [4.69, 9.17) is 0 Å². The van der Waals surface area contributed by atoms with Crippen LogP contribution < -0.4 is 0 Å². The average Bonchev–Trinajstić information content (AvgIpc) is 2.28. The molecule has 106 valence electrons. The highest BCUT2D eigenvalue weighted by Crippen LogP contribution is 2.23. The van der Waals surface area contributed by atoms with Crippen molar-refractivity contribution < 1.29 is 4.79 Å². The van der Waals surface area contributed by atoms with Gasteiger partial charge in [-0.15, -0.1) is 0 Å². The Hall–Kier alpha value is -0.790. The molecule has 0 aliphatic heterocycles. The van der Waals surface area contributed by atoms with Gasteiger partial charge in [-0.25, -0.2) is 0 Å². The van der Waals surface area contributed by atoms with Gasteiger partial charge in [-0.3, -0.25) is 4.79 Å². The monoisotopic (exact) mass is 253 g/mol. The van der Waals surface area contributed by atoms with E-state index in [9.17, 15) is 4.79 Å². The number of hydrogen-bond donors (Lipinski definition) is 0. The summed E-state index contributed by atoms with van der Waals surface area (Å²) < 4.78 is 0. The molecule has 0 saturated carbocycles. The minimum atomic E-state index is -0.0585. The van der Waals surface area contributed by atoms with Crippen LogP contribution in [0.2, 0.25) is 0 Å². The molecule has 0 unspecified atom stereocenters. The van der Waals surface area contributed by atoms with Crippen molar-refractivity contribution in [2.75, 3.05) is 6.54 Å². The lowest BCUT2D eigenvalue weighted by Gasteiger charge is -2.38. The van der Waals surface area contributed by atoms with Crippen molar-refractivity contribution in [3.63, 3.8) is 0 Å². The lowest BCUT2D eigenvalue weighted by atomic mass is 9.93. The van der Waals surface area contributed by atoms with Crippen LogP contribution in [-0.4, -0.2) is 22.9 Å². The zero-order valence-corrected chi connectivity index (χ0v) is 13.0. The second-order valence-electron chi connectivity index (χ2n) is 5.81. The molecule has 0 aromatic rings. The third-order valence-corrected chi connectivity index (χ3v) is 3.55. The molecule has 0 spiro atoms. The number of hydrogen-bond acceptors (Lipinski definition) is 1. The van der Waals surface area contributed by atoms with Gasteiger partial charge in [0.05, 0.1) is 0 Å². The fraction of sp³-hybridized carbons (Fsp3) is 0.812. The van der Waals surface area contributed by atoms with Crippen molar-refractivity contribution in [2.45, 2.75) is 78.7 Å². The van der Waals surface area contributed by atoms with Crippen LogP contribution in [0.5, 0.6) is 0 Å². The molecule has 0 aromatic heterocycles. The van der Waals surface area contributed by atoms with E-state index in [2.05, 4.69) is 27.4 Å². The van der Waals surface area contributed by atoms with Gasteiger partial charge in [-0.05, 0) is 34.1 Å². The summed E-state index contributed by atoms with van der Waals surface area (Å²) in [6.45, 7) is 14.9. The Morgan fingerprint density at radius 2 is 1.67 bits per heavy atom. The van der Waals surface area contributed by atoms with Crippen LogP contribution in [0.15, 0.2) is 12.2 Å². The highest BCUT2D eigenvalue weighted by Gasteiger charge is 2.29. The van der Waals surface area contributed by atoms with Crippen LogP contribution in [0, 0.1) is 0 Å². The summed E-state index contributed by atoms with van der Waals surface area (Å²) in [6.07, 6.45) is 7.46. The first-order valence-corrected chi connectivity index (χ1v) is 7.34. The Labute approximate surface area is 113 Å². The maximum Gasteiger partial charge on any atom is 0.249 e.